The van der Waals surface area contributed by atoms with Crippen LogP contribution in [0.1, 0.15) is 109 Å². The van der Waals surface area contributed by atoms with Gasteiger partial charge in [-0.15, -0.1) is 0 Å². The monoisotopic (exact) mass is 587 g/mol. The van der Waals surface area contributed by atoms with Crippen molar-refractivity contribution >= 4 is 43.7 Å². The van der Waals surface area contributed by atoms with E-state index >= 15 is 0 Å². The first-order valence-corrected chi connectivity index (χ1v) is 14.2. The number of hydrogen-bond donors (Lipinski definition) is 2. The van der Waals surface area contributed by atoms with E-state index in [4.69, 9.17) is 0 Å². The van der Waals surface area contributed by atoms with E-state index in [1.165, 1.54) is 75.2 Å². The van der Waals surface area contributed by atoms with Gasteiger partial charge in [-0.3, -0.25) is 14.5 Å². The van der Waals surface area contributed by atoms with Gasteiger partial charge in [-0.05, 0) is 56.0 Å². The second-order valence-corrected chi connectivity index (χ2v) is 10.9. The van der Waals surface area contributed by atoms with Crippen LogP contribution in [-0.4, -0.2) is 33.5 Å². The van der Waals surface area contributed by atoms with Crippen LogP contribution in [0.3, 0.4) is 0 Å². The third-order valence-corrected chi connectivity index (χ3v) is 8.57. The molecular formula is C26H39Br2NO4. The molecule has 1 aromatic rings. The molecule has 0 saturated carbocycles. The third kappa shape index (κ3) is 8.36. The van der Waals surface area contributed by atoms with E-state index in [2.05, 4.69) is 38.8 Å². The number of benzene rings is 1. The number of nitrogens with zero attached hydrogens (tertiary/aromatic N) is 1. The minimum absolute atomic E-state index is 0.0719. The molecule has 1 atom stereocenters. The molecule has 33 heavy (non-hydrogen) atoms. The number of aliphatic hydroxyl groups is 1. The summed E-state index contributed by atoms with van der Waals surface area (Å²) < 4.78 is 0.992. The highest BCUT2D eigenvalue weighted by molar-refractivity contribution is 9.13. The fraction of sp³-hybridized carbons (Fsp3) is 0.692. The second kappa shape index (κ2) is 14.5. The van der Waals surface area contributed by atoms with Gasteiger partial charge in [0.25, 0.3) is 5.91 Å². The molecule has 0 aliphatic carbocycles. The van der Waals surface area contributed by atoms with Crippen LogP contribution in [0.25, 0.3) is 0 Å². The van der Waals surface area contributed by atoms with Crippen molar-refractivity contribution in [2.75, 3.05) is 6.54 Å². The number of hydrogen-bond acceptors (Lipinski definition) is 4. The van der Waals surface area contributed by atoms with Gasteiger partial charge in [0, 0.05) is 23.9 Å². The quantitative estimate of drug-likeness (QED) is 0.210. The molecule has 1 aromatic carbocycles. The van der Waals surface area contributed by atoms with Gasteiger partial charge in [-0.1, -0.05) is 84.0 Å². The van der Waals surface area contributed by atoms with Crippen molar-refractivity contribution in [3.05, 3.63) is 26.6 Å². The SMILES string of the molecule is CCCCCCCCCCCCCCCC(=O)N1CC[C@](O)(c2cc(O)c(Br)c(Br)c2)C1=O. The number of likely N-dealkylation sites (tertiary alicyclic amines) is 1. The fourth-order valence-corrected chi connectivity index (χ4v) is 5.13. The van der Waals surface area contributed by atoms with Crippen LogP contribution in [0.5, 0.6) is 5.75 Å². The summed E-state index contributed by atoms with van der Waals surface area (Å²) >= 11 is 6.54. The second-order valence-electron chi connectivity index (χ2n) is 9.24. The van der Waals surface area contributed by atoms with Gasteiger partial charge in [0.15, 0.2) is 5.60 Å². The molecule has 1 aliphatic heterocycles. The Morgan fingerprint density at radius 2 is 1.45 bits per heavy atom. The van der Waals surface area contributed by atoms with E-state index in [1.54, 1.807) is 6.07 Å². The fourth-order valence-electron chi connectivity index (χ4n) is 4.45. The molecule has 7 heteroatoms. The predicted octanol–water partition coefficient (Wildman–Crippen LogP) is 7.35. The zero-order chi connectivity index (χ0) is 24.3. The van der Waals surface area contributed by atoms with Crippen LogP contribution in [0.15, 0.2) is 21.1 Å². The maximum atomic E-state index is 12.9. The zero-order valence-electron chi connectivity index (χ0n) is 19.9. The molecule has 1 saturated heterocycles. The van der Waals surface area contributed by atoms with Crippen molar-refractivity contribution in [1.82, 2.24) is 4.90 Å². The summed E-state index contributed by atoms with van der Waals surface area (Å²) in [7, 11) is 0. The summed E-state index contributed by atoms with van der Waals surface area (Å²) in [6.07, 6.45) is 16.6. The van der Waals surface area contributed by atoms with Gasteiger partial charge in [0.2, 0.25) is 5.91 Å². The first kappa shape index (κ1) is 28.3. The van der Waals surface area contributed by atoms with Crippen molar-refractivity contribution in [2.45, 2.75) is 109 Å². The highest BCUT2D eigenvalue weighted by atomic mass is 79.9. The molecule has 0 spiro atoms. The number of unbranched alkanes of at least 4 members (excludes halogenated alkanes) is 12. The maximum Gasteiger partial charge on any atom is 0.265 e. The molecule has 2 N–H and O–H groups in total. The number of carbonyl (C=O) groups excluding carboxylic acids is 2. The standard InChI is InChI=1S/C26H39Br2NO4/c1-2-3-4-5-6-7-8-9-10-11-12-13-14-15-23(31)29-17-16-26(33,25(29)32)20-18-21(27)24(28)22(30)19-20/h18-19,30,33H,2-17H2,1H3/t26-/m0/s1. The lowest BCUT2D eigenvalue weighted by Crippen LogP contribution is -2.40. The molecule has 0 bridgehead atoms. The summed E-state index contributed by atoms with van der Waals surface area (Å²) in [6, 6.07) is 2.97. The number of halogens is 2. The van der Waals surface area contributed by atoms with Crippen molar-refractivity contribution < 1.29 is 19.8 Å². The molecular weight excluding hydrogens is 550 g/mol. The van der Waals surface area contributed by atoms with Gasteiger partial charge < -0.3 is 10.2 Å². The van der Waals surface area contributed by atoms with E-state index in [1.807, 2.05) is 0 Å². The molecule has 2 rings (SSSR count). The third-order valence-electron chi connectivity index (χ3n) is 6.58. The number of aromatic hydroxyl groups is 1. The highest BCUT2D eigenvalue weighted by Gasteiger charge is 2.48. The van der Waals surface area contributed by atoms with E-state index in [0.717, 1.165) is 19.3 Å². The predicted molar refractivity (Wildman–Crippen MR) is 139 cm³/mol. The maximum absolute atomic E-state index is 12.9. The average Bonchev–Trinajstić information content (AvgIpc) is 3.10. The van der Waals surface area contributed by atoms with Crippen LogP contribution < -0.4 is 0 Å². The molecule has 0 aromatic heterocycles. The van der Waals surface area contributed by atoms with Crippen LogP contribution in [-0.2, 0) is 15.2 Å². The van der Waals surface area contributed by atoms with Crippen LogP contribution in [0.4, 0.5) is 0 Å². The topological polar surface area (TPSA) is 77.8 Å². The highest BCUT2D eigenvalue weighted by Crippen LogP contribution is 2.40. The van der Waals surface area contributed by atoms with Gasteiger partial charge in [0.1, 0.15) is 5.75 Å². The van der Waals surface area contributed by atoms with Gasteiger partial charge in [-0.25, -0.2) is 0 Å². The van der Waals surface area contributed by atoms with Crippen LogP contribution >= 0.6 is 31.9 Å². The van der Waals surface area contributed by atoms with Gasteiger partial charge in [-0.2, -0.15) is 0 Å². The minimum atomic E-state index is -1.79. The van der Waals surface area contributed by atoms with E-state index in [0.29, 0.717) is 15.4 Å². The number of phenolic OH excluding ortho intramolecular Hbond substituents is 1. The Balaban J connectivity index is 1.63. The van der Waals surface area contributed by atoms with Crippen molar-refractivity contribution in [1.29, 1.82) is 0 Å². The van der Waals surface area contributed by atoms with Crippen molar-refractivity contribution in [3.63, 3.8) is 0 Å². The van der Waals surface area contributed by atoms with Crippen molar-refractivity contribution in [2.24, 2.45) is 0 Å². The summed E-state index contributed by atoms with van der Waals surface area (Å²) in [4.78, 5) is 26.6. The average molecular weight is 589 g/mol. The molecule has 2 amide bonds. The van der Waals surface area contributed by atoms with Crippen LogP contribution in [0.2, 0.25) is 0 Å². The molecule has 186 valence electrons. The first-order valence-electron chi connectivity index (χ1n) is 12.6. The van der Waals surface area contributed by atoms with Gasteiger partial charge in [0.05, 0.1) is 4.47 Å². The molecule has 1 fully saturated rings. The minimum Gasteiger partial charge on any atom is -0.507 e. The number of carbonyl (C=O) groups is 2. The van der Waals surface area contributed by atoms with Gasteiger partial charge >= 0.3 is 0 Å². The lowest BCUT2D eigenvalue weighted by molar-refractivity contribution is -0.151. The lowest BCUT2D eigenvalue weighted by atomic mass is 9.92. The zero-order valence-corrected chi connectivity index (χ0v) is 23.1. The summed E-state index contributed by atoms with van der Waals surface area (Å²) in [5.74, 6) is -0.896. The Kier molecular flexibility index (Phi) is 12.4. The Bertz CT molecular complexity index is 763. The Morgan fingerprint density at radius 3 is 1.97 bits per heavy atom. The number of imide groups is 1. The van der Waals surface area contributed by atoms with E-state index in [-0.39, 0.29) is 30.2 Å². The summed E-state index contributed by atoms with van der Waals surface area (Å²) in [6.45, 7) is 2.44. The number of amides is 2. The smallest absolute Gasteiger partial charge is 0.265 e. The Morgan fingerprint density at radius 1 is 0.939 bits per heavy atom. The summed E-state index contributed by atoms with van der Waals surface area (Å²) in [5, 5.41) is 21.0. The largest absolute Gasteiger partial charge is 0.507 e. The number of rotatable bonds is 15. The first-order chi connectivity index (χ1) is 15.8. The van der Waals surface area contributed by atoms with E-state index < -0.39 is 11.5 Å². The molecule has 0 unspecified atom stereocenters. The molecule has 5 nitrogen and oxygen atoms in total. The normalized spacial score (nSPS) is 18.3. The molecule has 1 heterocycles. The summed E-state index contributed by atoms with van der Waals surface area (Å²) in [5.41, 5.74) is -1.50. The Hall–Kier alpha value is -0.920. The molecule has 1 aliphatic rings. The van der Waals surface area contributed by atoms with Crippen molar-refractivity contribution in [3.8, 4) is 5.75 Å². The number of phenols is 1. The van der Waals surface area contributed by atoms with E-state index in [9.17, 15) is 19.8 Å². The van der Waals surface area contributed by atoms with Crippen LogP contribution in [0, 0.1) is 0 Å². The molecule has 0 radical (unpaired) electrons. The lowest BCUT2D eigenvalue weighted by Gasteiger charge is -2.23. The Labute approximate surface area is 215 Å².